The highest BCUT2D eigenvalue weighted by Gasteiger charge is 2.25. The molecule has 0 fully saturated rings. The predicted molar refractivity (Wildman–Crippen MR) is 109 cm³/mol. The van der Waals surface area contributed by atoms with Gasteiger partial charge in [-0.1, -0.05) is 30.4 Å². The molecule has 2 aliphatic carbocycles. The van der Waals surface area contributed by atoms with Crippen molar-refractivity contribution in [1.29, 1.82) is 0 Å². The summed E-state index contributed by atoms with van der Waals surface area (Å²) in [5.74, 6) is -0.842. The topological polar surface area (TPSA) is 75.5 Å². The average molecular weight is 405 g/mol. The minimum atomic E-state index is -1.15. The lowest BCUT2D eigenvalue weighted by Gasteiger charge is -2.20. The zero-order valence-electron chi connectivity index (χ0n) is 16.2. The standard InChI is InChI=1S/C24H20FNO4/c25-17-7-3-1-5-14(17)13-15-9-10-19(29-21-12-11-20(30-21)24(27)28)23-22(15)16-6-2-4-8-18(16)26-23/h1,3,5,7-12,15,26H,2,4,6,13H2,(H,27,28). The van der Waals surface area contributed by atoms with E-state index in [1.807, 2.05) is 24.3 Å². The molecule has 5 nitrogen and oxygen atoms in total. The molecule has 2 heterocycles. The first-order valence-corrected chi connectivity index (χ1v) is 9.98. The van der Waals surface area contributed by atoms with E-state index in [9.17, 15) is 9.18 Å². The monoisotopic (exact) mass is 405 g/mol. The van der Waals surface area contributed by atoms with Gasteiger partial charge in [0.05, 0.1) is 5.35 Å². The van der Waals surface area contributed by atoms with Crippen LogP contribution >= 0.6 is 0 Å². The summed E-state index contributed by atoms with van der Waals surface area (Å²) in [4.78, 5) is 14.5. The van der Waals surface area contributed by atoms with Gasteiger partial charge in [-0.15, -0.1) is 0 Å². The third-order valence-corrected chi connectivity index (χ3v) is 5.66. The number of carbonyl (C=O) groups is 1. The summed E-state index contributed by atoms with van der Waals surface area (Å²) < 4.78 is 25.4. The van der Waals surface area contributed by atoms with Crippen LogP contribution < -0.4 is 15.4 Å². The van der Waals surface area contributed by atoms with E-state index >= 15 is 0 Å². The third-order valence-electron chi connectivity index (χ3n) is 5.66. The summed E-state index contributed by atoms with van der Waals surface area (Å²) in [6, 6.07) is 9.71. The maximum absolute atomic E-state index is 14.3. The highest BCUT2D eigenvalue weighted by molar-refractivity contribution is 5.84. The zero-order valence-corrected chi connectivity index (χ0v) is 16.2. The van der Waals surface area contributed by atoms with E-state index < -0.39 is 5.97 Å². The first kappa shape index (κ1) is 18.5. The van der Waals surface area contributed by atoms with Crippen LogP contribution in [0.4, 0.5) is 4.39 Å². The van der Waals surface area contributed by atoms with Crippen molar-refractivity contribution >= 4 is 17.8 Å². The molecule has 6 heteroatoms. The van der Waals surface area contributed by atoms with Crippen LogP contribution in [0.5, 0.6) is 5.95 Å². The van der Waals surface area contributed by atoms with Crippen molar-refractivity contribution in [2.45, 2.75) is 31.6 Å². The Balaban J connectivity index is 1.58. The largest absolute Gasteiger partial charge is 0.475 e. The molecule has 2 aliphatic rings. The van der Waals surface area contributed by atoms with Gasteiger partial charge in [-0.2, -0.15) is 0 Å². The molecule has 152 valence electrons. The van der Waals surface area contributed by atoms with Crippen LogP contribution in [0.15, 0.2) is 53.0 Å². The van der Waals surface area contributed by atoms with E-state index in [0.29, 0.717) is 17.7 Å². The van der Waals surface area contributed by atoms with Crippen LogP contribution in [0.3, 0.4) is 0 Å². The number of furan rings is 1. The van der Waals surface area contributed by atoms with Gasteiger partial charge >= 0.3 is 5.97 Å². The molecule has 0 aliphatic heterocycles. The van der Waals surface area contributed by atoms with Crippen LogP contribution in [0, 0.1) is 5.82 Å². The van der Waals surface area contributed by atoms with Gasteiger partial charge in [0.15, 0.2) is 5.76 Å². The smallest absolute Gasteiger partial charge is 0.371 e. The van der Waals surface area contributed by atoms with Gasteiger partial charge in [0.25, 0.3) is 5.95 Å². The molecule has 0 amide bonds. The molecule has 0 saturated carbocycles. The SMILES string of the molecule is O=C(O)c1ccc(OC2=c3[nH]c4c(c3C(Cc3ccccc3F)C=C2)CCCC=4)o1. The van der Waals surface area contributed by atoms with Crippen molar-refractivity contribution in [3.05, 3.63) is 87.5 Å². The van der Waals surface area contributed by atoms with Crippen molar-refractivity contribution in [2.75, 3.05) is 0 Å². The van der Waals surface area contributed by atoms with E-state index in [1.54, 1.807) is 6.07 Å². The quantitative estimate of drug-likeness (QED) is 0.680. The van der Waals surface area contributed by atoms with E-state index in [2.05, 4.69) is 11.1 Å². The van der Waals surface area contributed by atoms with Crippen LogP contribution in [0.2, 0.25) is 0 Å². The van der Waals surface area contributed by atoms with Crippen LogP contribution in [-0.4, -0.2) is 16.1 Å². The summed E-state index contributed by atoms with van der Waals surface area (Å²) >= 11 is 0. The molecule has 0 bridgehead atoms. The predicted octanol–water partition coefficient (Wildman–Crippen LogP) is 3.65. The van der Waals surface area contributed by atoms with Gasteiger partial charge in [-0.3, -0.25) is 0 Å². The van der Waals surface area contributed by atoms with Gasteiger partial charge < -0.3 is 19.2 Å². The maximum Gasteiger partial charge on any atom is 0.371 e. The number of hydrogen-bond acceptors (Lipinski definition) is 3. The van der Waals surface area contributed by atoms with E-state index in [-0.39, 0.29) is 23.4 Å². The molecule has 2 aromatic heterocycles. The highest BCUT2D eigenvalue weighted by Crippen LogP contribution is 2.29. The average Bonchev–Trinajstić information content (AvgIpc) is 3.36. The number of aromatic carboxylic acids is 1. The number of aromatic amines is 1. The summed E-state index contributed by atoms with van der Waals surface area (Å²) in [6.07, 6.45) is 9.64. The number of H-pyrrole nitrogens is 1. The van der Waals surface area contributed by atoms with Gasteiger partial charge in [0.1, 0.15) is 5.82 Å². The zero-order chi connectivity index (χ0) is 20.7. The first-order valence-electron chi connectivity index (χ1n) is 9.98. The second kappa shape index (κ2) is 7.37. The minimum Gasteiger partial charge on any atom is -0.475 e. The number of benzene rings is 1. The lowest BCUT2D eigenvalue weighted by Crippen LogP contribution is -2.23. The number of nitrogens with one attached hydrogen (secondary N) is 1. The van der Waals surface area contributed by atoms with Gasteiger partial charge in [0.2, 0.25) is 5.76 Å². The fourth-order valence-electron chi connectivity index (χ4n) is 4.28. The Labute approximate surface area is 171 Å². The van der Waals surface area contributed by atoms with E-state index in [1.165, 1.54) is 23.8 Å². The highest BCUT2D eigenvalue weighted by atomic mass is 19.1. The summed E-state index contributed by atoms with van der Waals surface area (Å²) in [6.45, 7) is 0. The second-order valence-electron chi connectivity index (χ2n) is 7.55. The number of rotatable bonds is 5. The Bertz CT molecular complexity index is 1280. The molecule has 1 aromatic carbocycles. The molecular weight excluding hydrogens is 385 g/mol. The first-order chi connectivity index (χ1) is 14.6. The number of fused-ring (bicyclic) bond motifs is 3. The number of halogens is 1. The summed E-state index contributed by atoms with van der Waals surface area (Å²) in [5.41, 5.74) is 3.04. The molecule has 0 saturated heterocycles. The van der Waals surface area contributed by atoms with Crippen LogP contribution in [0.1, 0.15) is 46.0 Å². The number of allylic oxidation sites excluding steroid dienone is 1. The molecule has 5 rings (SSSR count). The summed E-state index contributed by atoms with van der Waals surface area (Å²) in [7, 11) is 0. The lowest BCUT2D eigenvalue weighted by atomic mass is 9.85. The normalized spacial score (nSPS) is 17.2. The summed E-state index contributed by atoms with van der Waals surface area (Å²) in [5, 5.41) is 11.0. The van der Waals surface area contributed by atoms with Crippen LogP contribution in [0.25, 0.3) is 11.8 Å². The molecule has 3 aromatic rings. The number of carboxylic acid groups (broad SMARTS) is 1. The van der Waals surface area contributed by atoms with Crippen molar-refractivity contribution in [1.82, 2.24) is 4.98 Å². The Morgan fingerprint density at radius 2 is 2.13 bits per heavy atom. The molecule has 2 N–H and O–H groups in total. The van der Waals surface area contributed by atoms with Crippen molar-refractivity contribution in [3.63, 3.8) is 0 Å². The van der Waals surface area contributed by atoms with E-state index in [0.717, 1.165) is 35.5 Å². The minimum absolute atomic E-state index is 0.0157. The molecule has 0 radical (unpaired) electrons. The lowest BCUT2D eigenvalue weighted by molar-refractivity contribution is 0.0657. The Kier molecular flexibility index (Phi) is 4.54. The molecule has 30 heavy (non-hydrogen) atoms. The van der Waals surface area contributed by atoms with Crippen molar-refractivity contribution < 1.29 is 23.4 Å². The van der Waals surface area contributed by atoms with Crippen LogP contribution in [-0.2, 0) is 12.8 Å². The van der Waals surface area contributed by atoms with E-state index in [4.69, 9.17) is 14.3 Å². The van der Waals surface area contributed by atoms with Crippen molar-refractivity contribution in [2.24, 2.45) is 0 Å². The number of ether oxygens (including phenoxy) is 1. The van der Waals surface area contributed by atoms with Gasteiger partial charge in [-0.25, -0.2) is 9.18 Å². The fourth-order valence-corrected chi connectivity index (χ4v) is 4.28. The second-order valence-corrected chi connectivity index (χ2v) is 7.55. The number of hydrogen-bond donors (Lipinski definition) is 2. The van der Waals surface area contributed by atoms with Crippen molar-refractivity contribution in [3.8, 4) is 5.95 Å². The number of carboxylic acids is 1. The maximum atomic E-state index is 14.3. The third kappa shape index (κ3) is 3.24. The Morgan fingerprint density at radius 3 is 2.93 bits per heavy atom. The van der Waals surface area contributed by atoms with Gasteiger partial charge in [-0.05, 0) is 60.6 Å². The molecular formula is C24H20FNO4. The molecule has 0 spiro atoms. The molecule has 1 atom stereocenters. The Hall–Kier alpha value is -3.54. The Morgan fingerprint density at radius 1 is 1.27 bits per heavy atom. The fraction of sp³-hybridized carbons (Fsp3) is 0.208. The molecule has 1 unspecified atom stereocenters. The number of aromatic nitrogens is 1. The van der Waals surface area contributed by atoms with Gasteiger partial charge in [0, 0.05) is 17.3 Å².